The summed E-state index contributed by atoms with van der Waals surface area (Å²) in [5.74, 6) is -1.25. The molecule has 3 heterocycles. The molecule has 1 fully saturated rings. The topological polar surface area (TPSA) is 64.7 Å². The number of unbranched alkanes of at least 4 members (excludes halogenated alkanes) is 2. The molecule has 0 spiro atoms. The second-order valence-corrected chi connectivity index (χ2v) is 12.6. The lowest BCUT2D eigenvalue weighted by Crippen LogP contribution is -2.34. The van der Waals surface area contributed by atoms with Crippen LogP contribution in [0.25, 0.3) is 5.57 Å². The fraction of sp³-hybridized carbons (Fsp3) is 0.412. The van der Waals surface area contributed by atoms with Crippen LogP contribution in [0, 0.1) is 11.6 Å². The van der Waals surface area contributed by atoms with Crippen LogP contribution in [0.1, 0.15) is 57.1 Å². The molecule has 0 aromatic heterocycles. The quantitative estimate of drug-likeness (QED) is 0.174. The lowest BCUT2D eigenvalue weighted by Gasteiger charge is -2.26. The summed E-state index contributed by atoms with van der Waals surface area (Å²) in [4.78, 5) is 31.7. The molecule has 0 unspecified atom stereocenters. The van der Waals surface area contributed by atoms with Gasteiger partial charge in [-0.05, 0) is 107 Å². The zero-order valence-electron chi connectivity index (χ0n) is 25.2. The van der Waals surface area contributed by atoms with Crippen LogP contribution in [0.15, 0.2) is 69.8 Å². The first-order valence-corrected chi connectivity index (χ1v) is 16.1. The summed E-state index contributed by atoms with van der Waals surface area (Å²) in [6.07, 6.45) is 7.66. The van der Waals surface area contributed by atoms with Crippen molar-refractivity contribution in [2.75, 3.05) is 45.1 Å². The minimum atomic E-state index is -0.575. The van der Waals surface area contributed by atoms with E-state index in [1.807, 2.05) is 44.0 Å². The molecule has 2 amide bonds. The number of nitrogens with zero attached hydrogens (tertiary/aromatic N) is 2. The van der Waals surface area contributed by atoms with E-state index in [0.29, 0.717) is 29.9 Å². The molecule has 0 aliphatic carbocycles. The molecule has 0 radical (unpaired) electrons. The Hall–Kier alpha value is -3.43. The summed E-state index contributed by atoms with van der Waals surface area (Å²) in [6.45, 7) is 8.69. The SMILES string of the molecule is CC1=C(C(=O)N(C)CCCCCN2CCCC2)C(C)=C(/C=C2\C(=O)Nc3ccc(SCc4c(F)cccc4F)cc32)NC1. The van der Waals surface area contributed by atoms with Gasteiger partial charge in [0.15, 0.2) is 0 Å². The number of rotatable bonds is 11. The Bertz CT molecular complexity index is 1470. The molecule has 2 aromatic rings. The van der Waals surface area contributed by atoms with Gasteiger partial charge in [0.05, 0.1) is 5.57 Å². The van der Waals surface area contributed by atoms with Crippen LogP contribution in [0.2, 0.25) is 0 Å². The highest BCUT2D eigenvalue weighted by atomic mass is 32.2. The number of nitrogens with one attached hydrogen (secondary N) is 2. The number of hydrogen-bond acceptors (Lipinski definition) is 5. The van der Waals surface area contributed by atoms with Gasteiger partial charge in [0.2, 0.25) is 0 Å². The Labute approximate surface area is 257 Å². The van der Waals surface area contributed by atoms with Crippen molar-refractivity contribution in [2.45, 2.75) is 56.6 Å². The van der Waals surface area contributed by atoms with Crippen molar-refractivity contribution < 1.29 is 18.4 Å². The summed E-state index contributed by atoms with van der Waals surface area (Å²) in [6, 6.07) is 9.36. The number of likely N-dealkylation sites (tertiary alicyclic amines) is 1. The van der Waals surface area contributed by atoms with Gasteiger partial charge in [0.1, 0.15) is 11.6 Å². The van der Waals surface area contributed by atoms with Gasteiger partial charge in [-0.15, -0.1) is 11.8 Å². The second kappa shape index (κ2) is 13.9. The van der Waals surface area contributed by atoms with Crippen LogP contribution < -0.4 is 10.6 Å². The minimum absolute atomic E-state index is 0.00211. The fourth-order valence-corrected chi connectivity index (χ4v) is 6.89. The average molecular weight is 607 g/mol. The van der Waals surface area contributed by atoms with Gasteiger partial charge in [-0.3, -0.25) is 9.59 Å². The molecule has 3 aliphatic heterocycles. The highest BCUT2D eigenvalue weighted by molar-refractivity contribution is 7.98. The van der Waals surface area contributed by atoms with E-state index in [9.17, 15) is 18.4 Å². The van der Waals surface area contributed by atoms with Crippen molar-refractivity contribution in [1.29, 1.82) is 0 Å². The Morgan fingerprint density at radius 2 is 1.81 bits per heavy atom. The predicted molar refractivity (Wildman–Crippen MR) is 170 cm³/mol. The third kappa shape index (κ3) is 7.21. The van der Waals surface area contributed by atoms with Crippen LogP contribution in [0.4, 0.5) is 14.5 Å². The number of carbonyl (C=O) groups excluding carboxylic acids is 2. The van der Waals surface area contributed by atoms with Gasteiger partial charge in [-0.2, -0.15) is 0 Å². The maximum atomic E-state index is 14.1. The van der Waals surface area contributed by atoms with E-state index in [-0.39, 0.29) is 23.1 Å². The van der Waals surface area contributed by atoms with E-state index in [1.165, 1.54) is 55.9 Å². The van der Waals surface area contributed by atoms with Gasteiger partial charge >= 0.3 is 0 Å². The summed E-state index contributed by atoms with van der Waals surface area (Å²) in [7, 11) is 1.86. The third-order valence-electron chi connectivity index (χ3n) is 8.48. The molecule has 9 heteroatoms. The lowest BCUT2D eigenvalue weighted by atomic mass is 9.93. The number of fused-ring (bicyclic) bond motifs is 1. The normalized spacial score (nSPS) is 17.9. The van der Waals surface area contributed by atoms with Crippen molar-refractivity contribution in [3.8, 4) is 0 Å². The number of benzene rings is 2. The molecule has 3 aliphatic rings. The first-order chi connectivity index (χ1) is 20.7. The van der Waals surface area contributed by atoms with Crippen molar-refractivity contribution in [1.82, 2.24) is 15.1 Å². The molecule has 228 valence electrons. The van der Waals surface area contributed by atoms with Crippen molar-refractivity contribution >= 4 is 34.8 Å². The van der Waals surface area contributed by atoms with Crippen LogP contribution >= 0.6 is 11.8 Å². The summed E-state index contributed by atoms with van der Waals surface area (Å²) in [5, 5.41) is 6.29. The first kappa shape index (κ1) is 31.0. The van der Waals surface area contributed by atoms with E-state index in [0.717, 1.165) is 53.1 Å². The summed E-state index contributed by atoms with van der Waals surface area (Å²) < 4.78 is 28.3. The zero-order valence-corrected chi connectivity index (χ0v) is 26.0. The zero-order chi connectivity index (χ0) is 30.5. The van der Waals surface area contributed by atoms with Gasteiger partial charge < -0.3 is 20.4 Å². The number of halogens is 2. The number of carbonyl (C=O) groups is 2. The van der Waals surface area contributed by atoms with Crippen LogP contribution in [0.3, 0.4) is 0 Å². The van der Waals surface area contributed by atoms with Crippen LogP contribution in [0.5, 0.6) is 0 Å². The molecular weight excluding hydrogens is 566 g/mol. The molecule has 2 aromatic carbocycles. The summed E-state index contributed by atoms with van der Waals surface area (Å²) >= 11 is 1.31. The van der Waals surface area contributed by atoms with Gasteiger partial charge in [0.25, 0.3) is 11.8 Å². The smallest absolute Gasteiger partial charge is 0.256 e. The standard InChI is InChI=1S/C34H40F2N4O2S/c1-22-20-37-31(23(2)32(22)34(42)39(3)14-5-4-6-15-40-16-7-8-17-40)19-26-25-18-24(12-13-30(25)38-33(26)41)43-21-27-28(35)10-9-11-29(27)36/h9-13,18-19,37H,4-8,14-17,20-21H2,1-3H3,(H,38,41)/b26-19-. The number of anilines is 1. The molecule has 6 nitrogen and oxygen atoms in total. The van der Waals surface area contributed by atoms with E-state index in [4.69, 9.17) is 0 Å². The minimum Gasteiger partial charge on any atom is -0.381 e. The van der Waals surface area contributed by atoms with E-state index in [2.05, 4.69) is 15.5 Å². The van der Waals surface area contributed by atoms with E-state index < -0.39 is 11.6 Å². The Morgan fingerprint density at radius 3 is 2.56 bits per heavy atom. The largest absolute Gasteiger partial charge is 0.381 e. The molecule has 0 saturated carbocycles. The second-order valence-electron chi connectivity index (χ2n) is 11.6. The number of dihydropyridines is 1. The average Bonchev–Trinajstić information content (AvgIpc) is 3.61. The lowest BCUT2D eigenvalue weighted by molar-refractivity contribution is -0.125. The molecule has 0 atom stereocenters. The maximum Gasteiger partial charge on any atom is 0.256 e. The number of amides is 2. The van der Waals surface area contributed by atoms with Crippen LogP contribution in [-0.4, -0.2) is 61.4 Å². The molecule has 1 saturated heterocycles. The first-order valence-electron chi connectivity index (χ1n) is 15.1. The molecular formula is C34H40F2N4O2S. The fourth-order valence-electron chi connectivity index (χ4n) is 5.94. The monoisotopic (exact) mass is 606 g/mol. The highest BCUT2D eigenvalue weighted by Crippen LogP contribution is 2.37. The van der Waals surface area contributed by atoms with Crippen molar-refractivity contribution in [2.24, 2.45) is 0 Å². The molecule has 43 heavy (non-hydrogen) atoms. The molecule has 2 N–H and O–H groups in total. The van der Waals surface area contributed by atoms with Crippen molar-refractivity contribution in [3.05, 3.63) is 87.7 Å². The molecule has 0 bridgehead atoms. The highest BCUT2D eigenvalue weighted by Gasteiger charge is 2.28. The maximum absolute atomic E-state index is 14.1. The molecule has 5 rings (SSSR count). The van der Waals surface area contributed by atoms with Gasteiger partial charge in [0, 0.05) is 58.9 Å². The number of hydrogen-bond donors (Lipinski definition) is 2. The van der Waals surface area contributed by atoms with Gasteiger partial charge in [-0.1, -0.05) is 12.5 Å². The Kier molecular flexibility index (Phi) is 10.0. The van der Waals surface area contributed by atoms with Crippen molar-refractivity contribution in [3.63, 3.8) is 0 Å². The third-order valence-corrected chi connectivity index (χ3v) is 9.50. The summed E-state index contributed by atoms with van der Waals surface area (Å²) in [5.41, 5.74) is 5.11. The number of thioether (sulfide) groups is 1. The van der Waals surface area contributed by atoms with E-state index >= 15 is 0 Å². The Balaban J connectivity index is 1.28. The Morgan fingerprint density at radius 1 is 1.07 bits per heavy atom. The van der Waals surface area contributed by atoms with Gasteiger partial charge in [-0.25, -0.2) is 8.78 Å². The predicted octanol–water partition coefficient (Wildman–Crippen LogP) is 6.51. The number of allylic oxidation sites excluding steroid dienone is 1. The number of likely N-dealkylation sites (N-methyl/N-ethyl adjacent to an activating group) is 1. The van der Waals surface area contributed by atoms with E-state index in [1.54, 1.807) is 6.08 Å². The van der Waals surface area contributed by atoms with Crippen LogP contribution in [-0.2, 0) is 15.3 Å².